The topological polar surface area (TPSA) is 78.2 Å². The van der Waals surface area contributed by atoms with Crippen LogP contribution in [0, 0.1) is 12.8 Å². The molecule has 1 aliphatic heterocycles. The van der Waals surface area contributed by atoms with Gasteiger partial charge in [0.2, 0.25) is 0 Å². The summed E-state index contributed by atoms with van der Waals surface area (Å²) >= 11 is 0. The van der Waals surface area contributed by atoms with E-state index in [1.54, 1.807) is 9.42 Å². The Balaban J connectivity index is 1.51. The number of aryl methyl sites for hydroxylation is 1. The van der Waals surface area contributed by atoms with Gasteiger partial charge in [-0.1, -0.05) is 0 Å². The number of alkyl halides is 3. The molecular weight excluding hydrogens is 441 g/mol. The lowest BCUT2D eigenvalue weighted by Crippen LogP contribution is -2.43. The Morgan fingerprint density at radius 2 is 1.97 bits per heavy atom. The summed E-state index contributed by atoms with van der Waals surface area (Å²) in [6, 6.07) is 3.73. The Kier molecular flexibility index (Phi) is 7.08. The summed E-state index contributed by atoms with van der Waals surface area (Å²) in [5.74, 6) is -1.26. The Labute approximate surface area is 190 Å². The molecule has 2 aromatic rings. The van der Waals surface area contributed by atoms with Crippen molar-refractivity contribution in [2.45, 2.75) is 50.8 Å². The molecule has 1 aliphatic carbocycles. The summed E-state index contributed by atoms with van der Waals surface area (Å²) in [5, 5.41) is 4.71. The number of morpholine rings is 1. The number of hydrogen-bond acceptors (Lipinski definition) is 6. The number of rotatable bonds is 5. The van der Waals surface area contributed by atoms with E-state index >= 15 is 0 Å². The first-order chi connectivity index (χ1) is 15.8. The molecule has 33 heavy (non-hydrogen) atoms. The van der Waals surface area contributed by atoms with E-state index < -0.39 is 24.3 Å². The minimum Gasteiger partial charge on any atom is -0.447 e. The van der Waals surface area contributed by atoms with Gasteiger partial charge < -0.3 is 19.1 Å². The number of ether oxygens (including phenoxy) is 3. The largest absolute Gasteiger partial charge is 0.447 e. The molecule has 2 fully saturated rings. The highest BCUT2D eigenvalue weighted by atomic mass is 19.4. The predicted molar refractivity (Wildman–Crippen MR) is 112 cm³/mol. The number of halogens is 3. The number of aromatic nitrogens is 3. The van der Waals surface area contributed by atoms with Crippen molar-refractivity contribution < 1.29 is 32.2 Å². The normalized spacial score (nSPS) is 24.3. The molecule has 1 amide bonds. The first-order valence-electron chi connectivity index (χ1n) is 11.2. The van der Waals surface area contributed by atoms with Crippen molar-refractivity contribution in [3.63, 3.8) is 0 Å². The molecule has 11 heteroatoms. The van der Waals surface area contributed by atoms with Crippen LogP contribution in [0.25, 0.3) is 5.65 Å². The van der Waals surface area contributed by atoms with E-state index in [4.69, 9.17) is 19.3 Å². The number of methoxy groups -OCH3 is 1. The fraction of sp³-hybridized carbons (Fsp3) is 0.682. The van der Waals surface area contributed by atoms with Crippen molar-refractivity contribution in [2.24, 2.45) is 5.92 Å². The molecule has 2 aliphatic rings. The van der Waals surface area contributed by atoms with Gasteiger partial charge in [0.1, 0.15) is 12.7 Å². The van der Waals surface area contributed by atoms with Crippen LogP contribution in [-0.4, -0.2) is 71.8 Å². The van der Waals surface area contributed by atoms with Crippen molar-refractivity contribution in [1.82, 2.24) is 19.5 Å². The van der Waals surface area contributed by atoms with Crippen molar-refractivity contribution in [3.05, 3.63) is 29.2 Å². The maximum absolute atomic E-state index is 13.0. The van der Waals surface area contributed by atoms with Gasteiger partial charge in [-0.15, -0.1) is 0 Å². The molecule has 8 nitrogen and oxygen atoms in total. The van der Waals surface area contributed by atoms with Crippen LogP contribution in [0.4, 0.5) is 18.0 Å². The van der Waals surface area contributed by atoms with E-state index in [9.17, 15) is 18.0 Å². The zero-order valence-electron chi connectivity index (χ0n) is 18.8. The summed E-state index contributed by atoms with van der Waals surface area (Å²) in [6.07, 6.45) is -3.85. The molecule has 0 bridgehead atoms. The van der Waals surface area contributed by atoms with Gasteiger partial charge in [-0.3, -0.25) is 0 Å². The van der Waals surface area contributed by atoms with Crippen LogP contribution in [0.3, 0.4) is 0 Å². The van der Waals surface area contributed by atoms with E-state index in [0.717, 1.165) is 17.1 Å². The highest BCUT2D eigenvalue weighted by Crippen LogP contribution is 2.42. The highest BCUT2D eigenvalue weighted by Gasteiger charge is 2.42. The van der Waals surface area contributed by atoms with Crippen LogP contribution < -0.4 is 0 Å². The molecule has 0 radical (unpaired) electrons. The molecule has 1 saturated heterocycles. The summed E-state index contributed by atoms with van der Waals surface area (Å²) in [7, 11) is 1.54. The molecule has 0 aromatic carbocycles. The quantitative estimate of drug-likeness (QED) is 0.614. The zero-order valence-corrected chi connectivity index (χ0v) is 18.8. The highest BCUT2D eigenvalue weighted by molar-refractivity contribution is 5.67. The fourth-order valence-electron chi connectivity index (χ4n) is 4.59. The van der Waals surface area contributed by atoms with Crippen LogP contribution in [0.15, 0.2) is 12.1 Å². The Morgan fingerprint density at radius 1 is 1.21 bits per heavy atom. The van der Waals surface area contributed by atoms with Crippen molar-refractivity contribution in [1.29, 1.82) is 0 Å². The molecule has 2 aromatic heterocycles. The average Bonchev–Trinajstić information content (AvgIpc) is 3.22. The first kappa shape index (κ1) is 23.7. The van der Waals surface area contributed by atoms with Gasteiger partial charge in [-0.25, -0.2) is 14.3 Å². The molecule has 1 atom stereocenters. The first-order valence-corrected chi connectivity index (χ1v) is 11.2. The lowest BCUT2D eigenvalue weighted by atomic mass is 9.80. The molecule has 3 heterocycles. The van der Waals surface area contributed by atoms with Crippen molar-refractivity contribution in [3.8, 4) is 0 Å². The number of fused-ring (bicyclic) bond motifs is 1. The third-order valence-corrected chi connectivity index (χ3v) is 6.38. The van der Waals surface area contributed by atoms with Crippen LogP contribution in [0.1, 0.15) is 54.8 Å². The molecule has 4 rings (SSSR count). The number of carbonyl (C=O) groups is 1. The Bertz CT molecular complexity index is 972. The molecule has 0 unspecified atom stereocenters. The third-order valence-electron chi connectivity index (χ3n) is 6.38. The monoisotopic (exact) mass is 470 g/mol. The van der Waals surface area contributed by atoms with E-state index in [0.29, 0.717) is 44.8 Å². The second-order valence-corrected chi connectivity index (χ2v) is 8.66. The van der Waals surface area contributed by atoms with Crippen LogP contribution >= 0.6 is 0 Å². The summed E-state index contributed by atoms with van der Waals surface area (Å²) in [4.78, 5) is 18.5. The summed E-state index contributed by atoms with van der Waals surface area (Å²) in [5.41, 5.74) is 2.90. The van der Waals surface area contributed by atoms with Gasteiger partial charge in [-0.05, 0) is 38.7 Å². The molecule has 1 saturated carbocycles. The van der Waals surface area contributed by atoms with E-state index in [1.165, 1.54) is 7.11 Å². The molecule has 0 spiro atoms. The molecular formula is C22H29F3N4O4. The van der Waals surface area contributed by atoms with Gasteiger partial charge in [0.05, 0.1) is 37.1 Å². The predicted octanol–water partition coefficient (Wildman–Crippen LogP) is 4.03. The van der Waals surface area contributed by atoms with Gasteiger partial charge in [0, 0.05) is 31.3 Å². The number of carbonyl (C=O) groups excluding carboxylic acids is 1. The van der Waals surface area contributed by atoms with E-state index in [-0.39, 0.29) is 25.4 Å². The Hall–Kier alpha value is -2.40. The standard InChI is InChI=1S/C22H29F3N4O4/c1-14-11-18(19-13-28(7-8-32-19)21(30)33-10-9-31-2)29-20(26-14)12-17(27-29)15-3-5-16(6-4-15)22(23,24)25/h11-12,15-16,19H,3-10,13H2,1-2H3/t15-,16-,19-/m1/s1. The number of amides is 1. The van der Waals surface area contributed by atoms with Gasteiger partial charge >= 0.3 is 12.3 Å². The SMILES string of the molecule is COCCOC(=O)N1CCO[C@@H](c2cc(C)nc3cc([C@H]4CC[C@H](C(F)(F)F)CC4)nn23)C1. The van der Waals surface area contributed by atoms with Crippen molar-refractivity contribution >= 4 is 11.7 Å². The molecule has 0 N–H and O–H groups in total. The smallest absolute Gasteiger partial charge is 0.410 e. The van der Waals surface area contributed by atoms with Crippen LogP contribution in [0.2, 0.25) is 0 Å². The number of hydrogen-bond donors (Lipinski definition) is 0. The van der Waals surface area contributed by atoms with Gasteiger partial charge in [-0.2, -0.15) is 18.3 Å². The lowest BCUT2D eigenvalue weighted by Gasteiger charge is -2.32. The van der Waals surface area contributed by atoms with Crippen molar-refractivity contribution in [2.75, 3.05) is 40.0 Å². The van der Waals surface area contributed by atoms with E-state index in [2.05, 4.69) is 4.98 Å². The van der Waals surface area contributed by atoms with Gasteiger partial charge in [0.15, 0.2) is 5.65 Å². The second kappa shape index (κ2) is 9.84. The minimum absolute atomic E-state index is 0.0296. The summed E-state index contributed by atoms with van der Waals surface area (Å²) < 4.78 is 56.9. The van der Waals surface area contributed by atoms with Crippen LogP contribution in [-0.2, 0) is 14.2 Å². The lowest BCUT2D eigenvalue weighted by molar-refractivity contribution is -0.182. The number of nitrogens with zero attached hydrogens (tertiary/aromatic N) is 4. The maximum Gasteiger partial charge on any atom is 0.410 e. The Morgan fingerprint density at radius 3 is 2.67 bits per heavy atom. The fourth-order valence-corrected chi connectivity index (χ4v) is 4.59. The second-order valence-electron chi connectivity index (χ2n) is 8.66. The minimum atomic E-state index is -4.13. The van der Waals surface area contributed by atoms with E-state index in [1.807, 2.05) is 19.1 Å². The zero-order chi connectivity index (χ0) is 23.6. The summed E-state index contributed by atoms with van der Waals surface area (Å²) in [6.45, 7) is 3.44. The molecule has 182 valence electrons. The third kappa shape index (κ3) is 5.40. The van der Waals surface area contributed by atoms with Crippen LogP contribution in [0.5, 0.6) is 0 Å². The maximum atomic E-state index is 13.0. The van der Waals surface area contributed by atoms with Gasteiger partial charge in [0.25, 0.3) is 0 Å². The average molecular weight is 470 g/mol.